The minimum absolute atomic E-state index is 0.0520. The molecule has 0 aliphatic heterocycles. The third-order valence-corrected chi connectivity index (χ3v) is 3.25. The molecule has 0 bridgehead atoms. The number of ether oxygens (including phenoxy) is 2. The van der Waals surface area contributed by atoms with Gasteiger partial charge in [0.15, 0.2) is 11.5 Å². The van der Waals surface area contributed by atoms with Gasteiger partial charge in [0, 0.05) is 20.6 Å². The fraction of sp³-hybridized carbons (Fsp3) is 0.500. The number of carbonyl (C=O) groups excluding carboxylic acids is 2. The number of hydrogen-bond donors (Lipinski definition) is 1. The molecule has 1 aromatic rings. The van der Waals surface area contributed by atoms with Crippen LogP contribution in [0.2, 0.25) is 0 Å². The Labute approximate surface area is 145 Å². The van der Waals surface area contributed by atoms with E-state index in [2.05, 4.69) is 10.1 Å². The van der Waals surface area contributed by atoms with Gasteiger partial charge in [0.25, 0.3) is 0 Å². The van der Waals surface area contributed by atoms with Crippen molar-refractivity contribution in [3.63, 3.8) is 0 Å². The molecule has 2 amide bonds. The lowest BCUT2D eigenvalue weighted by atomic mass is 10.2. The second kappa shape index (κ2) is 9.77. The van der Waals surface area contributed by atoms with Crippen molar-refractivity contribution in [1.82, 2.24) is 15.1 Å². The van der Waals surface area contributed by atoms with Gasteiger partial charge in [-0.25, -0.2) is 0 Å². The van der Waals surface area contributed by atoms with Crippen LogP contribution in [0.25, 0.3) is 0 Å². The molecule has 0 saturated carbocycles. The van der Waals surface area contributed by atoms with E-state index >= 15 is 0 Å². The second-order valence-corrected chi connectivity index (χ2v) is 5.60. The molecule has 0 unspecified atom stereocenters. The molecule has 7 nitrogen and oxygen atoms in total. The Morgan fingerprint density at radius 1 is 1.20 bits per heavy atom. The summed E-state index contributed by atoms with van der Waals surface area (Å²) >= 11 is 0. The molecular weight excluding hydrogens is 336 g/mol. The Hall–Kier alpha value is -2.42. The summed E-state index contributed by atoms with van der Waals surface area (Å²) in [5.41, 5.74) is 0.762. The minimum atomic E-state index is -2.93. The van der Waals surface area contributed by atoms with Crippen molar-refractivity contribution in [1.29, 1.82) is 0 Å². The van der Waals surface area contributed by atoms with Gasteiger partial charge in [0.1, 0.15) is 0 Å². The first-order valence-electron chi connectivity index (χ1n) is 7.50. The van der Waals surface area contributed by atoms with Gasteiger partial charge in [-0.1, -0.05) is 6.07 Å². The summed E-state index contributed by atoms with van der Waals surface area (Å²) < 4.78 is 34.0. The van der Waals surface area contributed by atoms with Crippen LogP contribution in [0, 0.1) is 0 Å². The molecule has 1 rings (SSSR count). The lowest BCUT2D eigenvalue weighted by Crippen LogP contribution is -2.40. The standard InChI is InChI=1S/C16H23F2N3O4/c1-20(2)15(23)8-19-14(22)10-21(3)9-11-5-6-12(25-16(17)18)13(7-11)24-4/h5-7,16H,8-10H2,1-4H3,(H,19,22). The average Bonchev–Trinajstić information content (AvgIpc) is 2.53. The minimum Gasteiger partial charge on any atom is -0.493 e. The van der Waals surface area contributed by atoms with Crippen molar-refractivity contribution in [2.75, 3.05) is 41.3 Å². The van der Waals surface area contributed by atoms with Crippen LogP contribution in [-0.4, -0.2) is 69.6 Å². The van der Waals surface area contributed by atoms with E-state index in [1.165, 1.54) is 18.1 Å². The van der Waals surface area contributed by atoms with Crippen molar-refractivity contribution < 1.29 is 27.8 Å². The fourth-order valence-corrected chi connectivity index (χ4v) is 2.00. The van der Waals surface area contributed by atoms with Crippen molar-refractivity contribution in [2.45, 2.75) is 13.2 Å². The zero-order valence-corrected chi connectivity index (χ0v) is 14.7. The summed E-state index contributed by atoms with van der Waals surface area (Å²) in [6, 6.07) is 4.58. The van der Waals surface area contributed by atoms with Crippen LogP contribution in [0.3, 0.4) is 0 Å². The van der Waals surface area contributed by atoms with E-state index in [1.54, 1.807) is 38.2 Å². The summed E-state index contributed by atoms with van der Waals surface area (Å²) in [7, 11) is 6.30. The average molecular weight is 359 g/mol. The molecule has 0 fully saturated rings. The SMILES string of the molecule is COc1cc(CN(C)CC(=O)NCC(=O)N(C)C)ccc1OC(F)F. The van der Waals surface area contributed by atoms with Crippen LogP contribution >= 0.6 is 0 Å². The number of amides is 2. The van der Waals surface area contributed by atoms with Crippen LogP contribution < -0.4 is 14.8 Å². The Kier molecular flexibility index (Phi) is 8.06. The normalized spacial score (nSPS) is 10.7. The molecule has 1 aromatic carbocycles. The first-order chi connectivity index (χ1) is 11.7. The number of halogens is 2. The highest BCUT2D eigenvalue weighted by atomic mass is 19.3. The molecule has 0 aliphatic carbocycles. The largest absolute Gasteiger partial charge is 0.493 e. The molecule has 0 spiro atoms. The number of rotatable bonds is 9. The zero-order chi connectivity index (χ0) is 19.0. The lowest BCUT2D eigenvalue weighted by molar-refractivity contribution is -0.131. The van der Waals surface area contributed by atoms with E-state index in [4.69, 9.17) is 4.74 Å². The summed E-state index contributed by atoms with van der Waals surface area (Å²) in [6.07, 6.45) is 0. The lowest BCUT2D eigenvalue weighted by Gasteiger charge is -2.18. The second-order valence-electron chi connectivity index (χ2n) is 5.60. The molecule has 0 heterocycles. The number of nitrogens with zero attached hydrogens (tertiary/aromatic N) is 2. The fourth-order valence-electron chi connectivity index (χ4n) is 2.00. The maximum atomic E-state index is 12.3. The highest BCUT2D eigenvalue weighted by Crippen LogP contribution is 2.29. The van der Waals surface area contributed by atoms with E-state index in [9.17, 15) is 18.4 Å². The maximum Gasteiger partial charge on any atom is 0.387 e. The van der Waals surface area contributed by atoms with Crippen LogP contribution in [0.5, 0.6) is 11.5 Å². The van der Waals surface area contributed by atoms with E-state index in [-0.39, 0.29) is 36.4 Å². The highest BCUT2D eigenvalue weighted by Gasteiger charge is 2.13. The number of likely N-dealkylation sites (N-methyl/N-ethyl adjacent to an activating group) is 2. The molecule has 0 aromatic heterocycles. The predicted molar refractivity (Wildman–Crippen MR) is 87.7 cm³/mol. The Morgan fingerprint density at radius 2 is 1.88 bits per heavy atom. The molecule has 0 saturated heterocycles. The van der Waals surface area contributed by atoms with Crippen molar-refractivity contribution >= 4 is 11.8 Å². The summed E-state index contributed by atoms with van der Waals surface area (Å²) in [5.74, 6) is -0.353. The van der Waals surface area contributed by atoms with Crippen molar-refractivity contribution in [3.8, 4) is 11.5 Å². The van der Waals surface area contributed by atoms with Gasteiger partial charge < -0.3 is 19.7 Å². The molecule has 1 N–H and O–H groups in total. The van der Waals surface area contributed by atoms with Crippen LogP contribution in [0.4, 0.5) is 8.78 Å². The molecule has 0 aliphatic rings. The van der Waals surface area contributed by atoms with Gasteiger partial charge in [-0.3, -0.25) is 14.5 Å². The number of hydrogen-bond acceptors (Lipinski definition) is 5. The summed E-state index contributed by atoms with van der Waals surface area (Å²) in [4.78, 5) is 26.3. The number of methoxy groups -OCH3 is 1. The third kappa shape index (κ3) is 7.34. The van der Waals surface area contributed by atoms with Gasteiger partial charge >= 0.3 is 6.61 Å². The van der Waals surface area contributed by atoms with E-state index < -0.39 is 6.61 Å². The van der Waals surface area contributed by atoms with Crippen LogP contribution in [0.1, 0.15) is 5.56 Å². The monoisotopic (exact) mass is 359 g/mol. The van der Waals surface area contributed by atoms with E-state index in [0.717, 1.165) is 5.56 Å². The quantitative estimate of drug-likeness (QED) is 0.710. The number of nitrogens with one attached hydrogen (secondary N) is 1. The van der Waals surface area contributed by atoms with Crippen molar-refractivity contribution in [2.24, 2.45) is 0 Å². The number of alkyl halides is 2. The zero-order valence-electron chi connectivity index (χ0n) is 14.7. The first-order valence-corrected chi connectivity index (χ1v) is 7.50. The van der Waals surface area contributed by atoms with E-state index in [1.807, 2.05) is 0 Å². The van der Waals surface area contributed by atoms with Gasteiger partial charge in [0.05, 0.1) is 20.2 Å². The summed E-state index contributed by atoms with van der Waals surface area (Å²) in [6.45, 7) is -2.53. The maximum absolute atomic E-state index is 12.3. The Balaban J connectivity index is 2.57. The predicted octanol–water partition coefficient (Wildman–Crippen LogP) is 0.933. The first kappa shape index (κ1) is 20.6. The number of benzene rings is 1. The molecule has 9 heteroatoms. The van der Waals surface area contributed by atoms with Crippen molar-refractivity contribution in [3.05, 3.63) is 23.8 Å². The van der Waals surface area contributed by atoms with E-state index in [0.29, 0.717) is 6.54 Å². The van der Waals surface area contributed by atoms with Crippen LogP contribution in [0.15, 0.2) is 18.2 Å². The summed E-state index contributed by atoms with van der Waals surface area (Å²) in [5, 5.41) is 2.53. The third-order valence-electron chi connectivity index (χ3n) is 3.25. The smallest absolute Gasteiger partial charge is 0.387 e. The molecule has 0 radical (unpaired) electrons. The topological polar surface area (TPSA) is 71.1 Å². The number of carbonyl (C=O) groups is 2. The molecule has 25 heavy (non-hydrogen) atoms. The van der Waals surface area contributed by atoms with Gasteiger partial charge in [-0.2, -0.15) is 8.78 Å². The molecule has 140 valence electrons. The molecule has 0 atom stereocenters. The van der Waals surface area contributed by atoms with Gasteiger partial charge in [-0.15, -0.1) is 0 Å². The Morgan fingerprint density at radius 3 is 2.44 bits per heavy atom. The van der Waals surface area contributed by atoms with Crippen LogP contribution in [-0.2, 0) is 16.1 Å². The Bertz CT molecular complexity index is 597. The molecular formula is C16H23F2N3O4. The highest BCUT2D eigenvalue weighted by molar-refractivity contribution is 5.85. The van der Waals surface area contributed by atoms with Gasteiger partial charge in [-0.05, 0) is 24.7 Å². The van der Waals surface area contributed by atoms with Gasteiger partial charge in [0.2, 0.25) is 11.8 Å².